The van der Waals surface area contributed by atoms with E-state index in [1.165, 1.54) is 0 Å². The lowest BCUT2D eigenvalue weighted by Crippen LogP contribution is -2.27. The Labute approximate surface area is 107 Å². The van der Waals surface area contributed by atoms with E-state index in [2.05, 4.69) is 24.1 Å². The zero-order chi connectivity index (χ0) is 13.1. The molecule has 0 amide bonds. The predicted molar refractivity (Wildman–Crippen MR) is 76.1 cm³/mol. The van der Waals surface area contributed by atoms with Gasteiger partial charge in [-0.1, -0.05) is 32.0 Å². The van der Waals surface area contributed by atoms with Crippen molar-refractivity contribution in [2.45, 2.75) is 19.8 Å². The number of hydrogen-bond acceptors (Lipinski definition) is 2. The highest BCUT2D eigenvalue weighted by Crippen LogP contribution is 2.23. The largest absolute Gasteiger partial charge is 0.322 e. The van der Waals surface area contributed by atoms with Gasteiger partial charge >= 0.3 is 0 Å². The summed E-state index contributed by atoms with van der Waals surface area (Å²) in [5.74, 6) is 0.670. The van der Waals surface area contributed by atoms with Crippen molar-refractivity contribution in [1.82, 2.24) is 10.3 Å². The highest BCUT2D eigenvalue weighted by Gasteiger charge is 2.18. The number of nitrogens with one attached hydrogen (secondary N) is 2. The van der Waals surface area contributed by atoms with E-state index in [-0.39, 0.29) is 11.5 Å². The molecule has 0 radical (unpaired) electrons. The molecular formula is C15H20N2O. The lowest BCUT2D eigenvalue weighted by atomic mass is 9.88. The summed E-state index contributed by atoms with van der Waals surface area (Å²) in [5, 5.41) is 4.26. The van der Waals surface area contributed by atoms with Crippen LogP contribution in [0.2, 0.25) is 0 Å². The zero-order valence-corrected chi connectivity index (χ0v) is 11.2. The summed E-state index contributed by atoms with van der Waals surface area (Å²) in [5.41, 5.74) is 1.80. The Morgan fingerprint density at radius 1 is 1.28 bits per heavy atom. The summed E-state index contributed by atoms with van der Waals surface area (Å²) in [7, 11) is 1.92. The number of hydrogen-bond donors (Lipinski definition) is 2. The molecule has 18 heavy (non-hydrogen) atoms. The molecule has 0 saturated heterocycles. The molecule has 3 nitrogen and oxygen atoms in total. The van der Waals surface area contributed by atoms with Gasteiger partial charge in [-0.05, 0) is 30.5 Å². The van der Waals surface area contributed by atoms with Gasteiger partial charge in [0.05, 0.1) is 0 Å². The van der Waals surface area contributed by atoms with Gasteiger partial charge in [0.15, 0.2) is 0 Å². The number of aromatic nitrogens is 1. The van der Waals surface area contributed by atoms with Gasteiger partial charge in [-0.3, -0.25) is 4.79 Å². The summed E-state index contributed by atoms with van der Waals surface area (Å²) in [6.45, 7) is 5.12. The third kappa shape index (κ3) is 2.46. The molecule has 0 aliphatic heterocycles. The van der Waals surface area contributed by atoms with E-state index in [9.17, 15) is 4.79 Å². The van der Waals surface area contributed by atoms with Crippen LogP contribution in [0.1, 0.15) is 25.3 Å². The van der Waals surface area contributed by atoms with Gasteiger partial charge < -0.3 is 10.3 Å². The Hall–Kier alpha value is -1.61. The number of rotatable bonds is 4. The Morgan fingerprint density at radius 3 is 2.67 bits per heavy atom. The van der Waals surface area contributed by atoms with Crippen LogP contribution in [0, 0.1) is 5.92 Å². The van der Waals surface area contributed by atoms with Gasteiger partial charge in [-0.15, -0.1) is 0 Å². The second kappa shape index (κ2) is 5.36. The van der Waals surface area contributed by atoms with E-state index in [0.717, 1.165) is 23.0 Å². The molecule has 0 bridgehead atoms. The van der Waals surface area contributed by atoms with Crippen LogP contribution in [-0.4, -0.2) is 18.6 Å². The fraction of sp³-hybridized carbons (Fsp3) is 0.400. The molecule has 1 unspecified atom stereocenters. The van der Waals surface area contributed by atoms with Gasteiger partial charge in [-0.25, -0.2) is 0 Å². The monoisotopic (exact) mass is 244 g/mol. The molecule has 0 fully saturated rings. The smallest absolute Gasteiger partial charge is 0.251 e. The zero-order valence-electron chi connectivity index (χ0n) is 11.2. The SMILES string of the molecule is CNCC(c1cc2ccccc2[nH]c1=O)C(C)C. The highest BCUT2D eigenvalue weighted by atomic mass is 16.1. The number of fused-ring (bicyclic) bond motifs is 1. The summed E-state index contributed by atoms with van der Waals surface area (Å²) in [6.07, 6.45) is 0. The van der Waals surface area contributed by atoms with Crippen molar-refractivity contribution in [3.8, 4) is 0 Å². The number of benzene rings is 1. The average molecular weight is 244 g/mol. The minimum atomic E-state index is 0.0302. The molecule has 1 heterocycles. The van der Waals surface area contributed by atoms with Crippen LogP contribution in [-0.2, 0) is 0 Å². The first-order chi connectivity index (χ1) is 8.63. The van der Waals surface area contributed by atoms with Crippen molar-refractivity contribution < 1.29 is 0 Å². The quantitative estimate of drug-likeness (QED) is 0.868. The van der Waals surface area contributed by atoms with Crippen LogP contribution in [0.25, 0.3) is 10.9 Å². The van der Waals surface area contributed by atoms with Gasteiger partial charge in [0.1, 0.15) is 0 Å². The molecule has 1 aromatic carbocycles. The van der Waals surface area contributed by atoms with Crippen molar-refractivity contribution in [1.29, 1.82) is 0 Å². The van der Waals surface area contributed by atoms with Crippen LogP contribution >= 0.6 is 0 Å². The van der Waals surface area contributed by atoms with Gasteiger partial charge in [0.25, 0.3) is 5.56 Å². The summed E-state index contributed by atoms with van der Waals surface area (Å²) in [4.78, 5) is 15.1. The van der Waals surface area contributed by atoms with Gasteiger partial charge in [0, 0.05) is 23.5 Å². The minimum Gasteiger partial charge on any atom is -0.322 e. The average Bonchev–Trinajstić information content (AvgIpc) is 2.35. The number of pyridine rings is 1. The molecule has 96 valence electrons. The molecule has 0 aliphatic rings. The summed E-state index contributed by atoms with van der Waals surface area (Å²) >= 11 is 0. The first-order valence-electron chi connectivity index (χ1n) is 6.40. The number of H-pyrrole nitrogens is 1. The minimum absolute atomic E-state index is 0.0302. The summed E-state index contributed by atoms with van der Waals surface area (Å²) in [6, 6.07) is 9.92. The fourth-order valence-corrected chi connectivity index (χ4v) is 2.36. The molecule has 3 heteroatoms. The van der Waals surface area contributed by atoms with Crippen molar-refractivity contribution in [3.05, 3.63) is 46.2 Å². The van der Waals surface area contributed by atoms with Crippen LogP contribution in [0.5, 0.6) is 0 Å². The molecule has 2 aromatic rings. The lowest BCUT2D eigenvalue weighted by molar-refractivity contribution is 0.475. The van der Waals surface area contributed by atoms with E-state index in [1.807, 2.05) is 37.4 Å². The Balaban J connectivity index is 2.55. The van der Waals surface area contributed by atoms with Gasteiger partial charge in [0.2, 0.25) is 0 Å². The molecular weight excluding hydrogens is 224 g/mol. The van der Waals surface area contributed by atoms with Crippen molar-refractivity contribution in [3.63, 3.8) is 0 Å². The number of likely N-dealkylation sites (N-methyl/N-ethyl adjacent to an activating group) is 1. The molecule has 1 aromatic heterocycles. The molecule has 2 rings (SSSR count). The molecule has 0 saturated carbocycles. The van der Waals surface area contributed by atoms with Crippen LogP contribution in [0.3, 0.4) is 0 Å². The number of aromatic amines is 1. The summed E-state index contributed by atoms with van der Waals surface area (Å²) < 4.78 is 0. The van der Waals surface area contributed by atoms with Crippen molar-refractivity contribution >= 4 is 10.9 Å². The second-order valence-corrected chi connectivity index (χ2v) is 5.05. The molecule has 0 aliphatic carbocycles. The van der Waals surface area contributed by atoms with E-state index < -0.39 is 0 Å². The standard InChI is InChI=1S/C15H20N2O/c1-10(2)13(9-16-3)12-8-11-6-4-5-7-14(11)17-15(12)18/h4-8,10,13,16H,9H2,1-3H3,(H,17,18). The lowest BCUT2D eigenvalue weighted by Gasteiger charge is -2.20. The molecule has 2 N–H and O–H groups in total. The topological polar surface area (TPSA) is 44.9 Å². The van der Waals surface area contributed by atoms with Crippen LogP contribution in [0.15, 0.2) is 35.1 Å². The first kappa shape index (κ1) is 12.8. The fourth-order valence-electron chi connectivity index (χ4n) is 2.36. The number of para-hydroxylation sites is 1. The maximum atomic E-state index is 12.2. The third-order valence-corrected chi connectivity index (χ3v) is 3.41. The molecule has 0 spiro atoms. The van der Waals surface area contributed by atoms with Crippen LogP contribution in [0.4, 0.5) is 0 Å². The van der Waals surface area contributed by atoms with E-state index in [4.69, 9.17) is 0 Å². The Morgan fingerprint density at radius 2 is 2.00 bits per heavy atom. The Kier molecular flexibility index (Phi) is 3.82. The molecule has 1 atom stereocenters. The van der Waals surface area contributed by atoms with Crippen LogP contribution < -0.4 is 10.9 Å². The predicted octanol–water partition coefficient (Wildman–Crippen LogP) is 2.49. The Bertz CT molecular complexity index is 586. The highest BCUT2D eigenvalue weighted by molar-refractivity contribution is 5.78. The third-order valence-electron chi connectivity index (χ3n) is 3.41. The van der Waals surface area contributed by atoms with Crippen molar-refractivity contribution in [2.24, 2.45) is 5.92 Å². The van der Waals surface area contributed by atoms with Gasteiger partial charge in [-0.2, -0.15) is 0 Å². The maximum absolute atomic E-state index is 12.2. The van der Waals surface area contributed by atoms with E-state index >= 15 is 0 Å². The normalized spacial score (nSPS) is 13.1. The van der Waals surface area contributed by atoms with Crippen molar-refractivity contribution in [2.75, 3.05) is 13.6 Å². The second-order valence-electron chi connectivity index (χ2n) is 5.05. The van der Waals surface area contributed by atoms with E-state index in [1.54, 1.807) is 0 Å². The first-order valence-corrected chi connectivity index (χ1v) is 6.40. The maximum Gasteiger partial charge on any atom is 0.251 e. The van der Waals surface area contributed by atoms with E-state index in [0.29, 0.717) is 5.92 Å².